The van der Waals surface area contributed by atoms with Crippen LogP contribution in [0, 0.1) is 11.6 Å². The fraction of sp³-hybridized carbons (Fsp3) is 0.148. The summed E-state index contributed by atoms with van der Waals surface area (Å²) in [6, 6.07) is 18.0. The molecule has 1 atom stereocenters. The number of hydrogen-bond donors (Lipinski definition) is 1. The summed E-state index contributed by atoms with van der Waals surface area (Å²) in [5.74, 6) is 0.343. The van der Waals surface area contributed by atoms with Gasteiger partial charge in [-0.1, -0.05) is 35.5 Å². The average Bonchev–Trinajstić information content (AvgIpc) is 3.37. The summed E-state index contributed by atoms with van der Waals surface area (Å²) in [6.07, 6.45) is 0. The summed E-state index contributed by atoms with van der Waals surface area (Å²) < 4.78 is 38.1. The summed E-state index contributed by atoms with van der Waals surface area (Å²) in [4.78, 5) is 19.4. The Morgan fingerprint density at radius 1 is 1.00 bits per heavy atom. The molecule has 2 heterocycles. The van der Waals surface area contributed by atoms with E-state index in [1.807, 2.05) is 24.3 Å². The fourth-order valence-electron chi connectivity index (χ4n) is 4.21. The minimum atomic E-state index is -0.659. The molecule has 0 spiro atoms. The molecule has 1 aromatic heterocycles. The maximum Gasteiger partial charge on any atom is 0.322 e. The number of allylic oxidation sites excluding steroid dienone is 1. The number of rotatable bonds is 6. The molecule has 0 bridgehead atoms. The van der Waals surface area contributed by atoms with Gasteiger partial charge in [0.05, 0.1) is 25.3 Å². The van der Waals surface area contributed by atoms with E-state index in [0.717, 1.165) is 5.56 Å². The van der Waals surface area contributed by atoms with Gasteiger partial charge in [0, 0.05) is 16.8 Å². The number of ether oxygens (including phenoxy) is 1. The van der Waals surface area contributed by atoms with Gasteiger partial charge < -0.3 is 14.6 Å². The lowest BCUT2D eigenvalue weighted by Gasteiger charge is -2.35. The van der Waals surface area contributed by atoms with Crippen LogP contribution in [0.4, 0.5) is 13.6 Å². The Morgan fingerprint density at radius 3 is 2.36 bits per heavy atom. The quantitative estimate of drug-likeness (QED) is 0.375. The van der Waals surface area contributed by atoms with Crippen molar-refractivity contribution in [2.24, 2.45) is 0 Å². The normalized spacial score (nSPS) is 15.7. The molecule has 0 saturated heterocycles. The second kappa shape index (κ2) is 9.61. The number of nitrogens with zero attached hydrogens (tertiary/aromatic N) is 3. The molecule has 182 valence electrons. The van der Waals surface area contributed by atoms with Gasteiger partial charge in [-0.05, 0) is 55.0 Å². The third-order valence-corrected chi connectivity index (χ3v) is 6.08. The molecule has 1 unspecified atom stereocenters. The van der Waals surface area contributed by atoms with Gasteiger partial charge in [0.1, 0.15) is 17.4 Å². The maximum absolute atomic E-state index is 13.6. The third kappa shape index (κ3) is 4.43. The van der Waals surface area contributed by atoms with Crippen LogP contribution in [0.25, 0.3) is 17.0 Å². The first kappa shape index (κ1) is 23.2. The highest BCUT2D eigenvalue weighted by atomic mass is 19.1. The van der Waals surface area contributed by atoms with E-state index in [2.05, 4.69) is 15.5 Å². The van der Waals surface area contributed by atoms with Gasteiger partial charge in [-0.15, -0.1) is 0 Å². The Balaban J connectivity index is 1.60. The zero-order chi connectivity index (χ0) is 25.2. The molecule has 36 heavy (non-hydrogen) atoms. The number of carbonyl (C=O) groups excluding carboxylic acids is 1. The summed E-state index contributed by atoms with van der Waals surface area (Å²) in [5.41, 5.74) is 3.20. The van der Waals surface area contributed by atoms with Gasteiger partial charge in [0.15, 0.2) is 0 Å². The molecule has 7 nitrogen and oxygen atoms in total. The predicted octanol–water partition coefficient (Wildman–Crippen LogP) is 5.72. The van der Waals surface area contributed by atoms with Crippen LogP contribution in [0.5, 0.6) is 5.75 Å². The number of methoxy groups -OCH3 is 1. The van der Waals surface area contributed by atoms with E-state index < -0.39 is 11.9 Å². The van der Waals surface area contributed by atoms with Crippen LogP contribution >= 0.6 is 0 Å². The highest BCUT2D eigenvalue weighted by Gasteiger charge is 2.36. The van der Waals surface area contributed by atoms with Crippen molar-refractivity contribution >= 4 is 11.6 Å². The molecule has 1 aliphatic heterocycles. The molecule has 0 fully saturated rings. The van der Waals surface area contributed by atoms with Crippen LogP contribution in [-0.4, -0.2) is 28.2 Å². The van der Waals surface area contributed by atoms with Crippen LogP contribution < -0.4 is 10.1 Å². The van der Waals surface area contributed by atoms with E-state index in [4.69, 9.17) is 9.26 Å². The largest absolute Gasteiger partial charge is 0.496 e. The zero-order valence-corrected chi connectivity index (χ0v) is 19.5. The average molecular weight is 488 g/mol. The highest BCUT2D eigenvalue weighted by molar-refractivity contribution is 5.87. The molecular formula is C27H22F2N4O3. The van der Waals surface area contributed by atoms with Crippen LogP contribution in [-0.2, 0) is 6.54 Å². The molecule has 0 radical (unpaired) electrons. The van der Waals surface area contributed by atoms with Crippen molar-refractivity contribution in [2.75, 3.05) is 7.11 Å². The lowest BCUT2D eigenvalue weighted by molar-refractivity contribution is 0.202. The van der Waals surface area contributed by atoms with Gasteiger partial charge in [0.2, 0.25) is 5.82 Å². The number of para-hydroxylation sites is 1. The van der Waals surface area contributed by atoms with E-state index in [0.29, 0.717) is 28.1 Å². The number of nitrogens with one attached hydrogen (secondary N) is 1. The lowest BCUT2D eigenvalue weighted by atomic mass is 9.94. The number of hydrogen-bond acceptors (Lipinski definition) is 5. The second-order valence-corrected chi connectivity index (χ2v) is 8.26. The van der Waals surface area contributed by atoms with Gasteiger partial charge in [-0.2, -0.15) is 4.98 Å². The van der Waals surface area contributed by atoms with Crippen LogP contribution in [0.2, 0.25) is 0 Å². The molecule has 0 saturated carbocycles. The molecule has 5 rings (SSSR count). The van der Waals surface area contributed by atoms with Gasteiger partial charge >= 0.3 is 6.03 Å². The first-order valence-electron chi connectivity index (χ1n) is 11.2. The first-order chi connectivity index (χ1) is 17.4. The van der Waals surface area contributed by atoms with Crippen molar-refractivity contribution in [1.29, 1.82) is 0 Å². The SMILES string of the molecule is COc1ccccc1CN1C(=O)NC(c2ccc(F)cc2)C(c2nc(-c3ccc(F)cc3)no2)=C1C. The van der Waals surface area contributed by atoms with Crippen molar-refractivity contribution in [1.82, 2.24) is 20.4 Å². The van der Waals surface area contributed by atoms with Crippen molar-refractivity contribution in [2.45, 2.75) is 19.5 Å². The highest BCUT2D eigenvalue weighted by Crippen LogP contribution is 2.38. The second-order valence-electron chi connectivity index (χ2n) is 8.26. The van der Waals surface area contributed by atoms with E-state index >= 15 is 0 Å². The number of urea groups is 1. The molecule has 1 N–H and O–H groups in total. The summed E-state index contributed by atoms with van der Waals surface area (Å²) >= 11 is 0. The number of halogens is 2. The smallest absolute Gasteiger partial charge is 0.322 e. The standard InChI is InChI=1S/C27H22F2N4O3/c1-16-23(26-31-25(32-36-26)18-9-13-21(29)14-10-18)24(17-7-11-20(28)12-8-17)30-27(34)33(16)15-19-5-3-4-6-22(19)35-2/h3-14,24H,15H2,1-2H3,(H,30,34). The third-order valence-electron chi connectivity index (χ3n) is 6.08. The summed E-state index contributed by atoms with van der Waals surface area (Å²) in [5, 5.41) is 7.05. The molecule has 2 amide bonds. The predicted molar refractivity (Wildman–Crippen MR) is 128 cm³/mol. The van der Waals surface area contributed by atoms with E-state index in [9.17, 15) is 13.6 Å². The lowest BCUT2D eigenvalue weighted by Crippen LogP contribution is -2.45. The summed E-state index contributed by atoms with van der Waals surface area (Å²) in [7, 11) is 1.57. The Bertz CT molecular complexity index is 1430. The number of aromatic nitrogens is 2. The van der Waals surface area contributed by atoms with Gasteiger partial charge in [0.25, 0.3) is 5.89 Å². The van der Waals surface area contributed by atoms with E-state index in [1.165, 1.54) is 24.3 Å². The Labute approximate surface area is 206 Å². The van der Waals surface area contributed by atoms with Gasteiger partial charge in [-0.3, -0.25) is 4.90 Å². The minimum absolute atomic E-state index is 0.186. The zero-order valence-electron chi connectivity index (χ0n) is 19.5. The minimum Gasteiger partial charge on any atom is -0.496 e. The number of carbonyl (C=O) groups is 1. The van der Waals surface area contributed by atoms with Crippen LogP contribution in [0.3, 0.4) is 0 Å². The Kier molecular flexibility index (Phi) is 6.20. The van der Waals surface area contributed by atoms with Crippen molar-refractivity contribution in [3.63, 3.8) is 0 Å². The Morgan fingerprint density at radius 2 is 1.67 bits per heavy atom. The van der Waals surface area contributed by atoms with E-state index in [1.54, 1.807) is 43.2 Å². The first-order valence-corrected chi connectivity index (χ1v) is 11.2. The monoisotopic (exact) mass is 488 g/mol. The van der Waals surface area contributed by atoms with Crippen LogP contribution in [0.1, 0.15) is 30.0 Å². The molecule has 4 aromatic rings. The molecule has 0 aliphatic carbocycles. The van der Waals surface area contributed by atoms with Crippen LogP contribution in [0.15, 0.2) is 83.0 Å². The molecule has 9 heteroatoms. The van der Waals surface area contributed by atoms with Crippen molar-refractivity contribution in [3.05, 3.63) is 107 Å². The molecule has 3 aromatic carbocycles. The number of benzene rings is 3. The van der Waals surface area contributed by atoms with Crippen molar-refractivity contribution in [3.8, 4) is 17.1 Å². The fourth-order valence-corrected chi connectivity index (χ4v) is 4.21. The van der Waals surface area contributed by atoms with E-state index in [-0.39, 0.29) is 30.1 Å². The summed E-state index contributed by atoms with van der Waals surface area (Å²) in [6.45, 7) is 2.03. The maximum atomic E-state index is 13.6. The number of amides is 2. The topological polar surface area (TPSA) is 80.5 Å². The van der Waals surface area contributed by atoms with Gasteiger partial charge in [-0.25, -0.2) is 13.6 Å². The Hall–Kier alpha value is -4.53. The van der Waals surface area contributed by atoms with Crippen molar-refractivity contribution < 1.29 is 22.8 Å². The molecule has 1 aliphatic rings. The molecular weight excluding hydrogens is 466 g/mol.